The van der Waals surface area contributed by atoms with Crippen molar-refractivity contribution in [1.29, 1.82) is 0 Å². The van der Waals surface area contributed by atoms with Gasteiger partial charge in [-0.15, -0.1) is 0 Å². The first-order valence-electron chi connectivity index (χ1n) is 10.2. The van der Waals surface area contributed by atoms with E-state index in [9.17, 15) is 14.4 Å². The second kappa shape index (κ2) is 8.88. The van der Waals surface area contributed by atoms with Gasteiger partial charge in [-0.2, -0.15) is 0 Å². The summed E-state index contributed by atoms with van der Waals surface area (Å²) in [6.45, 7) is 2.87. The number of thioether (sulfide) groups is 1. The number of rotatable bonds is 7. The smallest absolute Gasteiger partial charge is 0.332 e. The summed E-state index contributed by atoms with van der Waals surface area (Å²) in [5.74, 6) is -0.576. The third-order valence-electron chi connectivity index (χ3n) is 5.31. The average molecular weight is 450 g/mol. The van der Waals surface area contributed by atoms with Crippen molar-refractivity contribution in [3.05, 3.63) is 86.6 Å². The Morgan fingerprint density at radius 1 is 1.03 bits per heavy atom. The van der Waals surface area contributed by atoms with Crippen LogP contribution in [0.25, 0.3) is 11.0 Å². The van der Waals surface area contributed by atoms with Crippen LogP contribution >= 0.6 is 11.8 Å². The number of Topliss-reactive ketones (excluding diaryl/α,β-unsaturated/α-hetero) is 1. The summed E-state index contributed by atoms with van der Waals surface area (Å²) >= 11 is 1.25. The van der Waals surface area contributed by atoms with Crippen LogP contribution in [-0.4, -0.2) is 30.2 Å². The van der Waals surface area contributed by atoms with Gasteiger partial charge in [0.15, 0.2) is 10.9 Å². The molecule has 0 aliphatic rings. The maximum Gasteiger partial charge on any atom is 0.332 e. The second-order valence-electron chi connectivity index (χ2n) is 7.32. The number of benzene rings is 2. The van der Waals surface area contributed by atoms with E-state index in [1.54, 1.807) is 0 Å². The molecule has 2 aromatic heterocycles. The minimum atomic E-state index is -0.689. The zero-order chi connectivity index (χ0) is 22.8. The highest BCUT2D eigenvalue weighted by atomic mass is 32.2. The van der Waals surface area contributed by atoms with E-state index in [-0.39, 0.29) is 23.7 Å². The molecule has 2 N–H and O–H groups in total. The first kappa shape index (κ1) is 21.6. The Kier molecular flexibility index (Phi) is 6.00. The molecule has 0 aliphatic heterocycles. The highest BCUT2D eigenvalue weighted by molar-refractivity contribution is 7.99. The average Bonchev–Trinajstić information content (AvgIpc) is 3.17. The van der Waals surface area contributed by atoms with Crippen LogP contribution < -0.4 is 17.0 Å². The number of carbonyl (C=O) groups is 1. The highest BCUT2D eigenvalue weighted by Crippen LogP contribution is 2.25. The SMILES string of the molecule is CCn1c(SCC(=O)c2c(N)n(Cc3ccccc3)c(=O)n(C)c2=O)nc2ccccc21. The number of aryl methyl sites for hydroxylation is 1. The number of imidazole rings is 1. The predicted molar refractivity (Wildman–Crippen MR) is 126 cm³/mol. The number of nitrogens with two attached hydrogens (primary N) is 1. The fourth-order valence-corrected chi connectivity index (χ4v) is 4.59. The Hall–Kier alpha value is -3.59. The van der Waals surface area contributed by atoms with Crippen molar-refractivity contribution in [3.63, 3.8) is 0 Å². The largest absolute Gasteiger partial charge is 0.384 e. The molecule has 0 unspecified atom stereocenters. The molecule has 0 spiro atoms. The van der Waals surface area contributed by atoms with Gasteiger partial charge in [-0.25, -0.2) is 9.78 Å². The van der Waals surface area contributed by atoms with Crippen molar-refractivity contribution >= 4 is 34.4 Å². The first-order chi connectivity index (χ1) is 15.4. The lowest BCUT2D eigenvalue weighted by Crippen LogP contribution is -2.43. The van der Waals surface area contributed by atoms with Crippen LogP contribution in [0.5, 0.6) is 0 Å². The monoisotopic (exact) mass is 449 g/mol. The molecule has 0 aliphatic carbocycles. The molecule has 9 heteroatoms. The lowest BCUT2D eigenvalue weighted by molar-refractivity contribution is 0.102. The van der Waals surface area contributed by atoms with Crippen LogP contribution in [-0.2, 0) is 20.1 Å². The molecule has 0 fully saturated rings. The van der Waals surface area contributed by atoms with E-state index in [2.05, 4.69) is 4.98 Å². The maximum absolute atomic E-state index is 13.1. The standard InChI is InChI=1S/C23H23N5O3S/c1-3-27-17-12-8-7-11-16(17)25-22(27)32-14-18(29)19-20(24)28(23(31)26(2)21(19)30)13-15-9-5-4-6-10-15/h4-12H,3,13-14,24H2,1-2H3. The lowest BCUT2D eigenvalue weighted by atomic mass is 10.2. The zero-order valence-corrected chi connectivity index (χ0v) is 18.6. The lowest BCUT2D eigenvalue weighted by Gasteiger charge is -2.14. The van der Waals surface area contributed by atoms with Crippen molar-refractivity contribution in [1.82, 2.24) is 18.7 Å². The van der Waals surface area contributed by atoms with Crippen molar-refractivity contribution < 1.29 is 4.79 Å². The molecule has 4 aromatic rings. The Balaban J connectivity index is 1.67. The summed E-state index contributed by atoms with van der Waals surface area (Å²) in [4.78, 5) is 43.1. The summed E-state index contributed by atoms with van der Waals surface area (Å²) < 4.78 is 4.21. The molecule has 0 saturated carbocycles. The fourth-order valence-electron chi connectivity index (χ4n) is 3.64. The van der Waals surface area contributed by atoms with Crippen LogP contribution in [0, 0.1) is 0 Å². The van der Waals surface area contributed by atoms with E-state index in [4.69, 9.17) is 5.73 Å². The molecule has 32 heavy (non-hydrogen) atoms. The van der Waals surface area contributed by atoms with Gasteiger partial charge in [-0.1, -0.05) is 54.2 Å². The van der Waals surface area contributed by atoms with Gasteiger partial charge < -0.3 is 10.3 Å². The molecule has 4 rings (SSSR count). The van der Waals surface area contributed by atoms with Crippen LogP contribution in [0.4, 0.5) is 5.82 Å². The molecule has 8 nitrogen and oxygen atoms in total. The summed E-state index contributed by atoms with van der Waals surface area (Å²) in [6, 6.07) is 17.0. The molecular formula is C23H23N5O3S. The van der Waals surface area contributed by atoms with Crippen molar-refractivity contribution in [2.75, 3.05) is 11.5 Å². The number of hydrogen-bond donors (Lipinski definition) is 1. The Morgan fingerprint density at radius 2 is 1.72 bits per heavy atom. The van der Waals surface area contributed by atoms with Gasteiger partial charge in [0.2, 0.25) is 0 Å². The Morgan fingerprint density at radius 3 is 2.44 bits per heavy atom. The second-order valence-corrected chi connectivity index (χ2v) is 8.26. The summed E-state index contributed by atoms with van der Waals surface area (Å²) in [5.41, 5.74) is 7.43. The number of para-hydroxylation sites is 2. The Bertz CT molecular complexity index is 1420. The number of carbonyl (C=O) groups excluding carboxylic acids is 1. The van der Waals surface area contributed by atoms with E-state index < -0.39 is 17.0 Å². The minimum absolute atomic E-state index is 0.0215. The van der Waals surface area contributed by atoms with Crippen LogP contribution in [0.1, 0.15) is 22.8 Å². The molecule has 0 saturated heterocycles. The molecule has 2 heterocycles. The van der Waals surface area contributed by atoms with Crippen LogP contribution in [0.15, 0.2) is 69.3 Å². The van der Waals surface area contributed by atoms with Crippen LogP contribution in [0.2, 0.25) is 0 Å². The van der Waals surface area contributed by atoms with Crippen molar-refractivity contribution in [2.24, 2.45) is 7.05 Å². The Labute approximate surface area is 188 Å². The van der Waals surface area contributed by atoms with Gasteiger partial charge in [-0.05, 0) is 24.6 Å². The number of nitrogens with zero attached hydrogens (tertiary/aromatic N) is 4. The predicted octanol–water partition coefficient (Wildman–Crippen LogP) is 2.52. The number of hydrogen-bond acceptors (Lipinski definition) is 6. The number of ketones is 1. The molecule has 0 bridgehead atoms. The number of fused-ring (bicyclic) bond motifs is 1. The molecule has 164 valence electrons. The van der Waals surface area contributed by atoms with E-state index >= 15 is 0 Å². The third-order valence-corrected chi connectivity index (χ3v) is 6.29. The fraction of sp³-hybridized carbons (Fsp3) is 0.217. The van der Waals surface area contributed by atoms with Crippen molar-refractivity contribution in [3.8, 4) is 0 Å². The van der Waals surface area contributed by atoms with E-state index in [0.29, 0.717) is 11.7 Å². The van der Waals surface area contributed by atoms with Gasteiger partial charge in [0.1, 0.15) is 11.4 Å². The minimum Gasteiger partial charge on any atom is -0.384 e. The molecular weight excluding hydrogens is 426 g/mol. The van der Waals surface area contributed by atoms with Gasteiger partial charge in [0.05, 0.1) is 23.3 Å². The molecule has 0 radical (unpaired) electrons. The highest BCUT2D eigenvalue weighted by Gasteiger charge is 2.22. The number of aromatic nitrogens is 4. The number of nitrogen functional groups attached to an aromatic ring is 1. The van der Waals surface area contributed by atoms with Crippen LogP contribution in [0.3, 0.4) is 0 Å². The van der Waals surface area contributed by atoms with Gasteiger partial charge in [0.25, 0.3) is 5.56 Å². The van der Waals surface area contributed by atoms with Gasteiger partial charge in [0, 0.05) is 13.6 Å². The quantitative estimate of drug-likeness (QED) is 0.343. The van der Waals surface area contributed by atoms with Gasteiger partial charge >= 0.3 is 5.69 Å². The van der Waals surface area contributed by atoms with Gasteiger partial charge in [-0.3, -0.25) is 18.7 Å². The number of anilines is 1. The van der Waals surface area contributed by atoms with E-state index in [0.717, 1.165) is 21.2 Å². The topological polar surface area (TPSA) is 105 Å². The normalized spacial score (nSPS) is 11.2. The first-order valence-corrected chi connectivity index (χ1v) is 11.2. The molecule has 2 aromatic carbocycles. The van der Waals surface area contributed by atoms with E-state index in [1.807, 2.05) is 66.1 Å². The summed E-state index contributed by atoms with van der Waals surface area (Å²) in [7, 11) is 1.35. The maximum atomic E-state index is 13.1. The third kappa shape index (κ3) is 3.87. The zero-order valence-electron chi connectivity index (χ0n) is 17.8. The summed E-state index contributed by atoms with van der Waals surface area (Å²) in [5, 5.41) is 0.690. The summed E-state index contributed by atoms with van der Waals surface area (Å²) in [6.07, 6.45) is 0. The molecule has 0 atom stereocenters. The van der Waals surface area contributed by atoms with Crippen molar-refractivity contribution in [2.45, 2.75) is 25.2 Å². The molecule has 0 amide bonds. The van der Waals surface area contributed by atoms with E-state index in [1.165, 1.54) is 23.4 Å².